The van der Waals surface area contributed by atoms with E-state index in [1.54, 1.807) is 6.20 Å². The van der Waals surface area contributed by atoms with Gasteiger partial charge in [0, 0.05) is 41.5 Å². The number of aromatic amines is 1. The van der Waals surface area contributed by atoms with Crippen molar-refractivity contribution in [3.8, 4) is 17.0 Å². The fourth-order valence-electron chi connectivity index (χ4n) is 3.36. The van der Waals surface area contributed by atoms with Gasteiger partial charge in [-0.2, -0.15) is 0 Å². The van der Waals surface area contributed by atoms with Crippen molar-refractivity contribution in [3.63, 3.8) is 0 Å². The average Bonchev–Trinajstić information content (AvgIpc) is 3.17. The van der Waals surface area contributed by atoms with Crippen LogP contribution < -0.4 is 10.1 Å². The van der Waals surface area contributed by atoms with E-state index in [9.17, 15) is 0 Å². The smallest absolute Gasteiger partial charge is 0.227 e. The second kappa shape index (κ2) is 6.25. The minimum absolute atomic E-state index is 0.303. The average molecular weight is 355 g/mol. The summed E-state index contributed by atoms with van der Waals surface area (Å²) in [5.74, 6) is 1.54. The highest BCUT2D eigenvalue weighted by atomic mass is 16.5. The van der Waals surface area contributed by atoms with Crippen molar-refractivity contribution < 1.29 is 4.74 Å². The van der Waals surface area contributed by atoms with E-state index in [0.717, 1.165) is 45.6 Å². The minimum atomic E-state index is 0.303. The van der Waals surface area contributed by atoms with Crippen molar-refractivity contribution >= 4 is 28.4 Å². The SMILES string of the molecule is N=C1CCc2ccc(Nc3nccc(-c4cccc5cc[nH]c45)n3)cc2O1. The van der Waals surface area contributed by atoms with Crippen LogP contribution in [-0.4, -0.2) is 20.8 Å². The Balaban J connectivity index is 1.47. The summed E-state index contributed by atoms with van der Waals surface area (Å²) in [5, 5.41) is 12.1. The highest BCUT2D eigenvalue weighted by molar-refractivity contribution is 5.93. The predicted molar refractivity (Wildman–Crippen MR) is 106 cm³/mol. The first-order chi connectivity index (χ1) is 13.3. The first kappa shape index (κ1) is 15.6. The van der Waals surface area contributed by atoms with E-state index in [4.69, 9.17) is 10.1 Å². The van der Waals surface area contributed by atoms with E-state index in [2.05, 4.69) is 26.3 Å². The molecule has 0 spiro atoms. The number of ether oxygens (including phenoxy) is 1. The normalized spacial score (nSPS) is 13.3. The van der Waals surface area contributed by atoms with E-state index < -0.39 is 0 Å². The molecule has 0 saturated heterocycles. The van der Waals surface area contributed by atoms with Gasteiger partial charge in [0.15, 0.2) is 5.90 Å². The van der Waals surface area contributed by atoms with Crippen molar-refractivity contribution in [2.75, 3.05) is 5.32 Å². The molecule has 0 amide bonds. The summed E-state index contributed by atoms with van der Waals surface area (Å²) in [7, 11) is 0. The molecule has 0 bridgehead atoms. The van der Waals surface area contributed by atoms with Crippen LogP contribution in [0.2, 0.25) is 0 Å². The molecule has 3 N–H and O–H groups in total. The zero-order valence-electron chi connectivity index (χ0n) is 14.5. The van der Waals surface area contributed by atoms with Gasteiger partial charge in [-0.05, 0) is 30.2 Å². The number of hydrogen-bond acceptors (Lipinski definition) is 5. The Labute approximate surface area is 155 Å². The van der Waals surface area contributed by atoms with Crippen LogP contribution in [0, 0.1) is 5.41 Å². The van der Waals surface area contributed by atoms with Gasteiger partial charge in [-0.15, -0.1) is 0 Å². The standard InChI is InChI=1S/C21H17N5O/c22-19-7-5-13-4-6-15(12-18(13)27-19)25-21-24-11-9-17(26-21)16-3-1-2-14-8-10-23-20(14)16/h1-4,6,8-12,22-23H,5,7H2,(H,24,25,26). The summed E-state index contributed by atoms with van der Waals surface area (Å²) in [6, 6.07) is 16.0. The van der Waals surface area contributed by atoms with Crippen molar-refractivity contribution in [1.29, 1.82) is 5.41 Å². The molecule has 27 heavy (non-hydrogen) atoms. The van der Waals surface area contributed by atoms with Gasteiger partial charge in [0.1, 0.15) is 5.75 Å². The number of benzene rings is 2. The lowest BCUT2D eigenvalue weighted by atomic mass is 10.1. The fraction of sp³-hybridized carbons (Fsp3) is 0.0952. The molecule has 6 heteroatoms. The van der Waals surface area contributed by atoms with Gasteiger partial charge in [-0.1, -0.05) is 24.3 Å². The summed E-state index contributed by atoms with van der Waals surface area (Å²) in [6.07, 6.45) is 5.16. The van der Waals surface area contributed by atoms with E-state index >= 15 is 0 Å². The van der Waals surface area contributed by atoms with Crippen LogP contribution >= 0.6 is 0 Å². The van der Waals surface area contributed by atoms with E-state index in [-0.39, 0.29) is 0 Å². The number of nitrogens with one attached hydrogen (secondary N) is 3. The fourth-order valence-corrected chi connectivity index (χ4v) is 3.36. The number of H-pyrrole nitrogens is 1. The van der Waals surface area contributed by atoms with Crippen LogP contribution in [-0.2, 0) is 6.42 Å². The Hall–Kier alpha value is -3.67. The number of aromatic nitrogens is 3. The van der Waals surface area contributed by atoms with Gasteiger partial charge in [0.05, 0.1) is 11.2 Å². The van der Waals surface area contributed by atoms with Crippen molar-refractivity contribution in [3.05, 3.63) is 66.5 Å². The Morgan fingerprint density at radius 3 is 3.00 bits per heavy atom. The largest absolute Gasteiger partial charge is 0.443 e. The lowest BCUT2D eigenvalue weighted by molar-refractivity contribution is 0.499. The molecule has 3 heterocycles. The summed E-state index contributed by atoms with van der Waals surface area (Å²) in [6.45, 7) is 0. The monoisotopic (exact) mass is 355 g/mol. The molecule has 0 unspecified atom stereocenters. The topological polar surface area (TPSA) is 86.7 Å². The molecule has 0 saturated carbocycles. The van der Waals surface area contributed by atoms with Crippen molar-refractivity contribution in [1.82, 2.24) is 15.0 Å². The number of hydrogen-bond donors (Lipinski definition) is 3. The van der Waals surface area contributed by atoms with Crippen LogP contribution in [0.1, 0.15) is 12.0 Å². The number of aryl methyl sites for hydroxylation is 1. The molecule has 0 fully saturated rings. The van der Waals surface area contributed by atoms with Crippen molar-refractivity contribution in [2.24, 2.45) is 0 Å². The minimum Gasteiger partial charge on any atom is -0.443 e. The number of anilines is 2. The van der Waals surface area contributed by atoms with E-state index in [0.29, 0.717) is 18.3 Å². The maximum absolute atomic E-state index is 7.72. The molecule has 0 atom stereocenters. The molecule has 4 aromatic rings. The molecule has 2 aromatic heterocycles. The zero-order valence-corrected chi connectivity index (χ0v) is 14.5. The Morgan fingerprint density at radius 2 is 2.04 bits per heavy atom. The van der Waals surface area contributed by atoms with Crippen LogP contribution in [0.5, 0.6) is 5.75 Å². The molecular weight excluding hydrogens is 338 g/mol. The zero-order chi connectivity index (χ0) is 18.2. The maximum Gasteiger partial charge on any atom is 0.227 e. The summed E-state index contributed by atoms with van der Waals surface area (Å²) >= 11 is 0. The molecule has 5 rings (SSSR count). The van der Waals surface area contributed by atoms with Crippen LogP contribution in [0.15, 0.2) is 60.9 Å². The third-order valence-electron chi connectivity index (χ3n) is 4.70. The molecule has 132 valence electrons. The van der Waals surface area contributed by atoms with Gasteiger partial charge in [-0.3, -0.25) is 5.41 Å². The highest BCUT2D eigenvalue weighted by Gasteiger charge is 2.15. The quantitative estimate of drug-likeness (QED) is 0.498. The summed E-state index contributed by atoms with van der Waals surface area (Å²) < 4.78 is 5.54. The first-order valence-corrected chi connectivity index (χ1v) is 8.81. The molecule has 6 nitrogen and oxygen atoms in total. The lowest BCUT2D eigenvalue weighted by Gasteiger charge is -2.18. The maximum atomic E-state index is 7.72. The molecule has 0 aliphatic carbocycles. The summed E-state index contributed by atoms with van der Waals surface area (Å²) in [5.41, 5.74) is 4.88. The van der Waals surface area contributed by atoms with Gasteiger partial charge >= 0.3 is 0 Å². The number of fused-ring (bicyclic) bond motifs is 2. The van der Waals surface area contributed by atoms with Gasteiger partial charge in [0.25, 0.3) is 0 Å². The molecule has 1 aliphatic heterocycles. The van der Waals surface area contributed by atoms with Crippen LogP contribution in [0.4, 0.5) is 11.6 Å². The second-order valence-electron chi connectivity index (χ2n) is 6.49. The van der Waals surface area contributed by atoms with E-state index in [1.807, 2.05) is 48.7 Å². The van der Waals surface area contributed by atoms with Gasteiger partial charge < -0.3 is 15.0 Å². The van der Waals surface area contributed by atoms with Crippen molar-refractivity contribution in [2.45, 2.75) is 12.8 Å². The van der Waals surface area contributed by atoms with Crippen LogP contribution in [0.25, 0.3) is 22.2 Å². The molecule has 2 aromatic carbocycles. The Morgan fingerprint density at radius 1 is 1.07 bits per heavy atom. The number of nitrogens with zero attached hydrogens (tertiary/aromatic N) is 2. The first-order valence-electron chi connectivity index (χ1n) is 8.81. The Kier molecular flexibility index (Phi) is 3.60. The Bertz CT molecular complexity index is 1160. The second-order valence-corrected chi connectivity index (χ2v) is 6.49. The highest BCUT2D eigenvalue weighted by Crippen LogP contribution is 2.30. The number of rotatable bonds is 3. The van der Waals surface area contributed by atoms with Gasteiger partial charge in [-0.25, -0.2) is 9.97 Å². The predicted octanol–water partition coefficient (Wildman–Crippen LogP) is 4.67. The van der Waals surface area contributed by atoms with E-state index in [1.165, 1.54) is 0 Å². The lowest BCUT2D eigenvalue weighted by Crippen LogP contribution is -2.15. The molecular formula is C21H17N5O. The van der Waals surface area contributed by atoms with Gasteiger partial charge in [0.2, 0.25) is 5.95 Å². The third-order valence-corrected chi connectivity index (χ3v) is 4.70. The summed E-state index contributed by atoms with van der Waals surface area (Å²) in [4.78, 5) is 12.3. The number of para-hydroxylation sites is 1. The molecule has 0 radical (unpaired) electrons. The molecule has 1 aliphatic rings. The third kappa shape index (κ3) is 2.91. The van der Waals surface area contributed by atoms with Crippen LogP contribution in [0.3, 0.4) is 0 Å².